The van der Waals surface area contributed by atoms with Crippen molar-refractivity contribution < 1.29 is 4.74 Å². The number of aromatic nitrogens is 2. The lowest BCUT2D eigenvalue weighted by Gasteiger charge is -2.20. The van der Waals surface area contributed by atoms with E-state index in [9.17, 15) is 0 Å². The Morgan fingerprint density at radius 1 is 1.20 bits per heavy atom. The van der Waals surface area contributed by atoms with Crippen molar-refractivity contribution in [3.05, 3.63) is 53.7 Å². The van der Waals surface area contributed by atoms with Crippen LogP contribution in [0.15, 0.2) is 42.5 Å². The number of hydrogen-bond donors (Lipinski definition) is 2. The molecule has 3 N–H and O–H groups in total. The first-order valence-corrected chi connectivity index (χ1v) is 8.61. The minimum absolute atomic E-state index is 0.757. The number of fused-ring (bicyclic) bond motifs is 3. The van der Waals surface area contributed by atoms with E-state index in [0.717, 1.165) is 53.5 Å². The third kappa shape index (κ3) is 2.52. The highest BCUT2D eigenvalue weighted by atomic mass is 16.5. The van der Waals surface area contributed by atoms with Crippen molar-refractivity contribution >= 4 is 11.4 Å². The quantitative estimate of drug-likeness (QED) is 0.708. The number of hydrogen-bond acceptors (Lipinski definition) is 4. The van der Waals surface area contributed by atoms with Gasteiger partial charge in [-0.15, -0.1) is 0 Å². The molecule has 0 bridgehead atoms. The van der Waals surface area contributed by atoms with Gasteiger partial charge in [-0.25, -0.2) is 4.68 Å². The van der Waals surface area contributed by atoms with Gasteiger partial charge in [-0.05, 0) is 36.8 Å². The normalized spacial score (nSPS) is 12.2. The smallest absolute Gasteiger partial charge is 0.142 e. The van der Waals surface area contributed by atoms with E-state index in [-0.39, 0.29) is 0 Å². The van der Waals surface area contributed by atoms with Crippen molar-refractivity contribution in [1.82, 2.24) is 9.78 Å². The van der Waals surface area contributed by atoms with Crippen molar-refractivity contribution in [3.8, 4) is 22.7 Å². The predicted molar refractivity (Wildman–Crippen MR) is 101 cm³/mol. The summed E-state index contributed by atoms with van der Waals surface area (Å²) in [6, 6.07) is 14.0. The number of methoxy groups -OCH3 is 1. The maximum Gasteiger partial charge on any atom is 0.142 e. The molecule has 0 saturated heterocycles. The molecule has 3 aromatic rings. The fraction of sp³-hybridized carbons (Fsp3) is 0.250. The first-order valence-electron chi connectivity index (χ1n) is 8.61. The molecule has 1 aromatic heterocycles. The van der Waals surface area contributed by atoms with Gasteiger partial charge in [-0.2, -0.15) is 5.10 Å². The van der Waals surface area contributed by atoms with E-state index in [1.54, 1.807) is 7.11 Å². The molecule has 0 amide bonds. The van der Waals surface area contributed by atoms with E-state index in [4.69, 9.17) is 15.6 Å². The largest absolute Gasteiger partial charge is 0.495 e. The zero-order chi connectivity index (χ0) is 17.4. The van der Waals surface area contributed by atoms with Gasteiger partial charge in [0.15, 0.2) is 0 Å². The number of anilines is 2. The molecule has 1 aliphatic heterocycles. The molecule has 1 aliphatic rings. The lowest BCUT2D eigenvalue weighted by molar-refractivity contribution is 0.416. The van der Waals surface area contributed by atoms with E-state index in [0.29, 0.717) is 0 Å². The van der Waals surface area contributed by atoms with Crippen LogP contribution < -0.4 is 15.8 Å². The summed E-state index contributed by atoms with van der Waals surface area (Å²) in [6.45, 7) is 2.95. The van der Waals surface area contributed by atoms with E-state index in [2.05, 4.69) is 23.0 Å². The van der Waals surface area contributed by atoms with Crippen LogP contribution in [0.2, 0.25) is 0 Å². The Morgan fingerprint density at radius 2 is 2.00 bits per heavy atom. The molecular weight excluding hydrogens is 312 g/mol. The molecule has 0 fully saturated rings. The summed E-state index contributed by atoms with van der Waals surface area (Å²) >= 11 is 0. The van der Waals surface area contributed by atoms with Crippen LogP contribution in [-0.2, 0) is 13.0 Å². The van der Waals surface area contributed by atoms with Gasteiger partial charge < -0.3 is 15.8 Å². The minimum Gasteiger partial charge on any atom is -0.495 e. The fourth-order valence-electron chi connectivity index (χ4n) is 3.47. The number of nitrogens with two attached hydrogens (primary N) is 1. The number of benzene rings is 2. The molecular formula is C20H22N4O. The number of nitrogens with zero attached hydrogens (tertiary/aromatic N) is 2. The Kier molecular flexibility index (Phi) is 3.84. The highest BCUT2D eigenvalue weighted by Gasteiger charge is 2.26. The monoisotopic (exact) mass is 334 g/mol. The SMILES string of the molecule is CCCc1c2c(nn1-c1ccc(N)cc1)-c1cccc(OC)c1NC2. The summed E-state index contributed by atoms with van der Waals surface area (Å²) in [5.41, 5.74) is 13.3. The standard InChI is InChI=1S/C20H22N4O/c1-3-5-17-16-12-22-20-15(6-4-7-18(20)25-2)19(16)23-24(17)14-10-8-13(21)9-11-14/h4,6-11,22H,3,5,12,21H2,1-2H3. The summed E-state index contributed by atoms with van der Waals surface area (Å²) in [5.74, 6) is 0.849. The zero-order valence-electron chi connectivity index (χ0n) is 14.5. The highest BCUT2D eigenvalue weighted by molar-refractivity contribution is 5.85. The van der Waals surface area contributed by atoms with Crippen LogP contribution >= 0.6 is 0 Å². The molecule has 4 rings (SSSR count). The lowest BCUT2D eigenvalue weighted by Crippen LogP contribution is -2.10. The van der Waals surface area contributed by atoms with Crippen molar-refractivity contribution in [1.29, 1.82) is 0 Å². The van der Waals surface area contributed by atoms with Gasteiger partial charge in [-0.3, -0.25) is 0 Å². The molecule has 0 atom stereocenters. The molecule has 0 saturated carbocycles. The van der Waals surface area contributed by atoms with Gasteiger partial charge in [-0.1, -0.05) is 25.5 Å². The first kappa shape index (κ1) is 15.6. The minimum atomic E-state index is 0.757. The average molecular weight is 334 g/mol. The number of rotatable bonds is 4. The second kappa shape index (κ2) is 6.16. The van der Waals surface area contributed by atoms with Crippen LogP contribution in [0.25, 0.3) is 16.9 Å². The Balaban J connectivity index is 1.91. The van der Waals surface area contributed by atoms with Crippen molar-refractivity contribution in [2.45, 2.75) is 26.3 Å². The second-order valence-corrected chi connectivity index (χ2v) is 6.26. The molecule has 25 heavy (non-hydrogen) atoms. The van der Waals surface area contributed by atoms with E-state index in [1.807, 2.05) is 36.4 Å². The third-order valence-electron chi connectivity index (χ3n) is 4.66. The van der Waals surface area contributed by atoms with Crippen LogP contribution in [0, 0.1) is 0 Å². The Hall–Kier alpha value is -2.95. The lowest BCUT2D eigenvalue weighted by atomic mass is 9.98. The van der Waals surface area contributed by atoms with Crippen LogP contribution in [-0.4, -0.2) is 16.9 Å². The number of para-hydroxylation sites is 1. The summed E-state index contributed by atoms with van der Waals surface area (Å²) < 4.78 is 7.56. The average Bonchev–Trinajstić information content (AvgIpc) is 3.01. The second-order valence-electron chi connectivity index (χ2n) is 6.26. The van der Waals surface area contributed by atoms with Gasteiger partial charge in [0.25, 0.3) is 0 Å². The van der Waals surface area contributed by atoms with Crippen LogP contribution in [0.5, 0.6) is 5.75 Å². The molecule has 0 spiro atoms. The summed E-state index contributed by atoms with van der Waals surface area (Å²) in [6.07, 6.45) is 2.05. The molecule has 0 unspecified atom stereocenters. The topological polar surface area (TPSA) is 65.1 Å². The van der Waals surface area contributed by atoms with Crippen LogP contribution in [0.4, 0.5) is 11.4 Å². The van der Waals surface area contributed by atoms with Gasteiger partial charge in [0.2, 0.25) is 0 Å². The Labute approximate surface area is 147 Å². The fourth-order valence-corrected chi connectivity index (χ4v) is 3.47. The molecule has 5 heteroatoms. The zero-order valence-corrected chi connectivity index (χ0v) is 14.5. The van der Waals surface area contributed by atoms with Crippen LogP contribution in [0.1, 0.15) is 24.6 Å². The molecule has 0 aliphatic carbocycles. The predicted octanol–water partition coefficient (Wildman–Crippen LogP) is 4.01. The Morgan fingerprint density at radius 3 is 2.72 bits per heavy atom. The third-order valence-corrected chi connectivity index (χ3v) is 4.66. The molecule has 2 aromatic carbocycles. The molecule has 128 valence electrons. The summed E-state index contributed by atoms with van der Waals surface area (Å²) in [7, 11) is 1.70. The maximum absolute atomic E-state index is 5.84. The molecule has 5 nitrogen and oxygen atoms in total. The van der Waals surface area contributed by atoms with E-state index in [1.165, 1.54) is 11.3 Å². The highest BCUT2D eigenvalue weighted by Crippen LogP contribution is 2.42. The van der Waals surface area contributed by atoms with Gasteiger partial charge in [0.05, 0.1) is 18.5 Å². The number of nitrogens with one attached hydrogen (secondary N) is 1. The van der Waals surface area contributed by atoms with E-state index < -0.39 is 0 Å². The van der Waals surface area contributed by atoms with Gasteiger partial charge in [0.1, 0.15) is 11.4 Å². The van der Waals surface area contributed by atoms with Crippen molar-refractivity contribution in [2.24, 2.45) is 0 Å². The summed E-state index contributed by atoms with van der Waals surface area (Å²) in [5, 5.41) is 8.48. The Bertz CT molecular complexity index is 912. The molecule has 0 radical (unpaired) electrons. The van der Waals surface area contributed by atoms with E-state index >= 15 is 0 Å². The number of ether oxygens (including phenoxy) is 1. The van der Waals surface area contributed by atoms with Gasteiger partial charge >= 0.3 is 0 Å². The molecule has 2 heterocycles. The first-order chi connectivity index (χ1) is 12.2. The van der Waals surface area contributed by atoms with Crippen molar-refractivity contribution in [3.63, 3.8) is 0 Å². The van der Waals surface area contributed by atoms with Crippen molar-refractivity contribution in [2.75, 3.05) is 18.2 Å². The maximum atomic E-state index is 5.84. The summed E-state index contributed by atoms with van der Waals surface area (Å²) in [4.78, 5) is 0. The van der Waals surface area contributed by atoms with Gasteiger partial charge in [0, 0.05) is 29.1 Å². The van der Waals surface area contributed by atoms with Crippen LogP contribution in [0.3, 0.4) is 0 Å². The number of nitrogen functional groups attached to an aromatic ring is 1.